The van der Waals surface area contributed by atoms with Crippen LogP contribution in [0.4, 0.5) is 0 Å². The molecule has 0 aliphatic carbocycles. The van der Waals surface area contributed by atoms with Gasteiger partial charge in [-0.2, -0.15) is 0 Å². The second-order valence-corrected chi connectivity index (χ2v) is 6.34. The predicted molar refractivity (Wildman–Crippen MR) is 77.8 cm³/mol. The molecule has 0 amide bonds. The number of fused-ring (bicyclic) bond motifs is 1. The zero-order chi connectivity index (χ0) is 13.9. The summed E-state index contributed by atoms with van der Waals surface area (Å²) in [5.74, 6) is 0. The van der Waals surface area contributed by atoms with E-state index < -0.39 is 10.0 Å². The van der Waals surface area contributed by atoms with Gasteiger partial charge >= 0.3 is 0 Å². The lowest BCUT2D eigenvalue weighted by Crippen LogP contribution is -2.26. The standard InChI is InChI=1S/C13H15ClN2O2S/c14-13-4-1-3-10-9-11(5-6-12(10)13)19(17,18)16-8-2-7-15/h1,3-6,9,16H,2,7-8,15H2. The molecule has 19 heavy (non-hydrogen) atoms. The van der Waals surface area contributed by atoms with E-state index in [2.05, 4.69) is 4.72 Å². The molecule has 0 aromatic heterocycles. The molecule has 0 spiro atoms. The van der Waals surface area contributed by atoms with Crippen LogP contribution in [0.25, 0.3) is 10.8 Å². The highest BCUT2D eigenvalue weighted by Crippen LogP contribution is 2.25. The first kappa shape index (κ1) is 14.3. The Morgan fingerprint density at radius 2 is 2.00 bits per heavy atom. The zero-order valence-corrected chi connectivity index (χ0v) is 11.8. The van der Waals surface area contributed by atoms with E-state index in [9.17, 15) is 8.42 Å². The lowest BCUT2D eigenvalue weighted by molar-refractivity contribution is 0.579. The Morgan fingerprint density at radius 1 is 1.21 bits per heavy atom. The first-order valence-electron chi connectivity index (χ1n) is 5.92. The van der Waals surface area contributed by atoms with Crippen LogP contribution in [0.15, 0.2) is 41.3 Å². The van der Waals surface area contributed by atoms with Crippen molar-refractivity contribution < 1.29 is 8.42 Å². The van der Waals surface area contributed by atoms with Crippen molar-refractivity contribution in [1.29, 1.82) is 0 Å². The summed E-state index contributed by atoms with van der Waals surface area (Å²) in [7, 11) is -3.49. The number of nitrogens with two attached hydrogens (primary N) is 1. The molecule has 2 aromatic carbocycles. The van der Waals surface area contributed by atoms with Crippen LogP contribution in [0, 0.1) is 0 Å². The normalized spacial score (nSPS) is 11.9. The Morgan fingerprint density at radius 3 is 2.74 bits per heavy atom. The molecule has 0 aliphatic heterocycles. The smallest absolute Gasteiger partial charge is 0.240 e. The van der Waals surface area contributed by atoms with Gasteiger partial charge in [0.05, 0.1) is 4.90 Å². The van der Waals surface area contributed by atoms with Gasteiger partial charge in [0.1, 0.15) is 0 Å². The number of halogens is 1. The van der Waals surface area contributed by atoms with Gasteiger partial charge in [-0.15, -0.1) is 0 Å². The molecule has 0 bridgehead atoms. The maximum Gasteiger partial charge on any atom is 0.240 e. The van der Waals surface area contributed by atoms with E-state index >= 15 is 0 Å². The van der Waals surface area contributed by atoms with Crippen molar-refractivity contribution in [3.05, 3.63) is 41.4 Å². The van der Waals surface area contributed by atoms with Crippen LogP contribution in [-0.4, -0.2) is 21.5 Å². The minimum atomic E-state index is -3.49. The van der Waals surface area contributed by atoms with Crippen LogP contribution in [0.3, 0.4) is 0 Å². The molecule has 0 fully saturated rings. The molecule has 2 rings (SSSR count). The molecule has 0 saturated heterocycles. The van der Waals surface area contributed by atoms with E-state index in [0.29, 0.717) is 24.5 Å². The molecule has 4 nitrogen and oxygen atoms in total. The minimum Gasteiger partial charge on any atom is -0.330 e. The van der Waals surface area contributed by atoms with Gasteiger partial charge in [0.15, 0.2) is 0 Å². The van der Waals surface area contributed by atoms with Crippen LogP contribution < -0.4 is 10.5 Å². The Labute approximate surface area is 117 Å². The van der Waals surface area contributed by atoms with Crippen LogP contribution in [-0.2, 0) is 10.0 Å². The predicted octanol–water partition coefficient (Wildman–Crippen LogP) is 2.12. The van der Waals surface area contributed by atoms with Gasteiger partial charge in [-0.05, 0) is 36.6 Å². The fourth-order valence-corrected chi connectivity index (χ4v) is 3.14. The Balaban J connectivity index is 2.35. The Hall–Kier alpha value is -1.14. The maximum atomic E-state index is 12.1. The summed E-state index contributed by atoms with van der Waals surface area (Å²) in [5.41, 5.74) is 5.34. The van der Waals surface area contributed by atoms with Gasteiger partial charge in [-0.3, -0.25) is 0 Å². The van der Waals surface area contributed by atoms with Crippen molar-refractivity contribution in [2.24, 2.45) is 5.73 Å². The van der Waals surface area contributed by atoms with E-state index in [1.165, 1.54) is 0 Å². The number of benzene rings is 2. The molecule has 0 heterocycles. The van der Waals surface area contributed by atoms with Crippen molar-refractivity contribution in [3.63, 3.8) is 0 Å². The molecule has 0 aliphatic rings. The third kappa shape index (κ3) is 3.25. The topological polar surface area (TPSA) is 72.2 Å². The first-order valence-corrected chi connectivity index (χ1v) is 7.79. The van der Waals surface area contributed by atoms with E-state index in [1.54, 1.807) is 30.3 Å². The summed E-state index contributed by atoms with van der Waals surface area (Å²) in [6.45, 7) is 0.794. The molecule has 6 heteroatoms. The lowest BCUT2D eigenvalue weighted by Gasteiger charge is -2.07. The van der Waals surface area contributed by atoms with Crippen molar-refractivity contribution in [2.45, 2.75) is 11.3 Å². The third-order valence-corrected chi connectivity index (χ3v) is 4.57. The minimum absolute atomic E-state index is 0.235. The number of rotatable bonds is 5. The van der Waals surface area contributed by atoms with Gasteiger partial charge in [-0.1, -0.05) is 29.8 Å². The fraction of sp³-hybridized carbons (Fsp3) is 0.231. The maximum absolute atomic E-state index is 12.1. The second kappa shape index (κ2) is 5.88. The highest BCUT2D eigenvalue weighted by Gasteiger charge is 2.13. The average Bonchev–Trinajstić information content (AvgIpc) is 2.39. The lowest BCUT2D eigenvalue weighted by atomic mass is 10.1. The van der Waals surface area contributed by atoms with Crippen molar-refractivity contribution in [1.82, 2.24) is 4.72 Å². The molecule has 0 unspecified atom stereocenters. The van der Waals surface area contributed by atoms with E-state index in [1.807, 2.05) is 6.07 Å². The van der Waals surface area contributed by atoms with E-state index in [4.69, 9.17) is 17.3 Å². The van der Waals surface area contributed by atoms with Crippen molar-refractivity contribution in [3.8, 4) is 0 Å². The number of hydrogen-bond acceptors (Lipinski definition) is 3. The number of hydrogen-bond donors (Lipinski definition) is 2. The highest BCUT2D eigenvalue weighted by molar-refractivity contribution is 7.89. The van der Waals surface area contributed by atoms with Crippen LogP contribution in [0.1, 0.15) is 6.42 Å². The molecule has 3 N–H and O–H groups in total. The van der Waals surface area contributed by atoms with Gasteiger partial charge < -0.3 is 5.73 Å². The Bertz CT molecular complexity index is 686. The molecular formula is C13H15ClN2O2S. The summed E-state index contributed by atoms with van der Waals surface area (Å²) in [5, 5.41) is 2.25. The van der Waals surface area contributed by atoms with Gasteiger partial charge in [0.25, 0.3) is 0 Å². The quantitative estimate of drug-likeness (QED) is 0.831. The van der Waals surface area contributed by atoms with Crippen molar-refractivity contribution >= 4 is 32.4 Å². The summed E-state index contributed by atoms with van der Waals surface area (Å²) in [6.07, 6.45) is 0.610. The summed E-state index contributed by atoms with van der Waals surface area (Å²) in [6, 6.07) is 10.3. The zero-order valence-electron chi connectivity index (χ0n) is 10.3. The van der Waals surface area contributed by atoms with Crippen LogP contribution in [0.2, 0.25) is 5.02 Å². The van der Waals surface area contributed by atoms with Gasteiger partial charge in [0, 0.05) is 17.0 Å². The van der Waals surface area contributed by atoms with Crippen LogP contribution in [0.5, 0.6) is 0 Å². The molecule has 0 saturated carbocycles. The van der Waals surface area contributed by atoms with Gasteiger partial charge in [0.2, 0.25) is 10.0 Å². The van der Waals surface area contributed by atoms with Gasteiger partial charge in [-0.25, -0.2) is 13.1 Å². The van der Waals surface area contributed by atoms with E-state index in [-0.39, 0.29) is 4.90 Å². The largest absolute Gasteiger partial charge is 0.330 e. The molecular weight excluding hydrogens is 284 g/mol. The molecule has 102 valence electrons. The van der Waals surface area contributed by atoms with Crippen molar-refractivity contribution in [2.75, 3.05) is 13.1 Å². The average molecular weight is 299 g/mol. The van der Waals surface area contributed by atoms with E-state index in [0.717, 1.165) is 10.8 Å². The molecule has 0 atom stereocenters. The summed E-state index contributed by atoms with van der Waals surface area (Å²) < 4.78 is 26.6. The molecule has 2 aromatic rings. The summed E-state index contributed by atoms with van der Waals surface area (Å²) in [4.78, 5) is 0.235. The SMILES string of the molecule is NCCCNS(=O)(=O)c1ccc2c(Cl)cccc2c1. The molecule has 0 radical (unpaired) electrons. The summed E-state index contributed by atoms with van der Waals surface area (Å²) >= 11 is 6.05. The monoisotopic (exact) mass is 298 g/mol. The number of nitrogens with one attached hydrogen (secondary N) is 1. The Kier molecular flexibility index (Phi) is 4.42. The number of sulfonamides is 1. The van der Waals surface area contributed by atoms with Crippen LogP contribution >= 0.6 is 11.6 Å². The third-order valence-electron chi connectivity index (χ3n) is 2.78. The fourth-order valence-electron chi connectivity index (χ4n) is 1.78. The highest BCUT2D eigenvalue weighted by atomic mass is 35.5. The second-order valence-electron chi connectivity index (χ2n) is 4.16. The first-order chi connectivity index (χ1) is 9.04.